The maximum Gasteiger partial charge on any atom is 0.227 e. The first-order valence-corrected chi connectivity index (χ1v) is 6.95. The predicted molar refractivity (Wildman–Crippen MR) is 87.3 cm³/mol. The fourth-order valence-electron chi connectivity index (χ4n) is 2.62. The lowest BCUT2D eigenvalue weighted by molar-refractivity contribution is -0.119. The molecule has 1 aromatic carbocycles. The second kappa shape index (κ2) is 8.10. The Morgan fingerprint density at radius 1 is 1.09 bits per heavy atom. The highest BCUT2D eigenvalue weighted by atomic mass is 35.5. The Balaban J connectivity index is 0.00000242. The van der Waals surface area contributed by atoms with E-state index in [-0.39, 0.29) is 30.3 Å². The van der Waals surface area contributed by atoms with Crippen LogP contribution in [0.1, 0.15) is 19.3 Å². The summed E-state index contributed by atoms with van der Waals surface area (Å²) in [5.74, 6) is 1.54. The molecule has 0 saturated heterocycles. The largest absolute Gasteiger partial charge is 0.494 e. The Morgan fingerprint density at radius 2 is 1.68 bits per heavy atom. The van der Waals surface area contributed by atoms with Gasteiger partial charge in [0.2, 0.25) is 5.91 Å². The van der Waals surface area contributed by atoms with E-state index in [0.717, 1.165) is 19.3 Å². The van der Waals surface area contributed by atoms with Crippen molar-refractivity contribution < 1.29 is 19.0 Å². The van der Waals surface area contributed by atoms with Gasteiger partial charge in [0, 0.05) is 24.1 Å². The van der Waals surface area contributed by atoms with Crippen molar-refractivity contribution in [3.63, 3.8) is 0 Å². The fraction of sp³-hybridized carbons (Fsp3) is 0.533. The van der Waals surface area contributed by atoms with Crippen molar-refractivity contribution in [1.29, 1.82) is 0 Å². The second-order valence-electron chi connectivity index (χ2n) is 5.17. The second-order valence-corrected chi connectivity index (χ2v) is 5.17. The van der Waals surface area contributed by atoms with Crippen molar-refractivity contribution in [2.75, 3.05) is 26.6 Å². The molecular formula is C15H23ClN2O4. The van der Waals surface area contributed by atoms with Crippen molar-refractivity contribution in [3.05, 3.63) is 12.1 Å². The molecule has 7 heteroatoms. The van der Waals surface area contributed by atoms with Crippen molar-refractivity contribution in [3.8, 4) is 17.2 Å². The van der Waals surface area contributed by atoms with E-state index in [9.17, 15) is 4.79 Å². The highest BCUT2D eigenvalue weighted by molar-refractivity contribution is 5.94. The molecule has 0 aliphatic heterocycles. The van der Waals surface area contributed by atoms with Crippen LogP contribution in [0.25, 0.3) is 0 Å². The maximum absolute atomic E-state index is 12.3. The number of ether oxygens (including phenoxy) is 3. The van der Waals surface area contributed by atoms with E-state index in [1.807, 2.05) is 0 Å². The molecule has 1 aromatic rings. The third kappa shape index (κ3) is 3.96. The van der Waals surface area contributed by atoms with Crippen LogP contribution in [0.15, 0.2) is 12.1 Å². The van der Waals surface area contributed by atoms with Gasteiger partial charge in [-0.15, -0.1) is 12.4 Å². The van der Waals surface area contributed by atoms with E-state index in [4.69, 9.17) is 19.9 Å². The van der Waals surface area contributed by atoms with Crippen LogP contribution in [-0.4, -0.2) is 33.3 Å². The lowest BCUT2D eigenvalue weighted by Gasteiger charge is -2.16. The highest BCUT2D eigenvalue weighted by Gasteiger charge is 2.28. The fourth-order valence-corrected chi connectivity index (χ4v) is 2.62. The van der Waals surface area contributed by atoms with Crippen molar-refractivity contribution >= 4 is 24.0 Å². The molecule has 1 amide bonds. The van der Waals surface area contributed by atoms with Gasteiger partial charge in [-0.05, 0) is 19.3 Å². The summed E-state index contributed by atoms with van der Waals surface area (Å²) >= 11 is 0. The van der Waals surface area contributed by atoms with Crippen LogP contribution in [0.3, 0.4) is 0 Å². The van der Waals surface area contributed by atoms with E-state index in [1.165, 1.54) is 0 Å². The van der Waals surface area contributed by atoms with E-state index in [1.54, 1.807) is 33.5 Å². The summed E-state index contributed by atoms with van der Waals surface area (Å²) in [4.78, 5) is 12.3. The first-order valence-electron chi connectivity index (χ1n) is 6.95. The van der Waals surface area contributed by atoms with Crippen LogP contribution >= 0.6 is 12.4 Å². The van der Waals surface area contributed by atoms with Gasteiger partial charge in [-0.3, -0.25) is 4.79 Å². The molecule has 22 heavy (non-hydrogen) atoms. The minimum Gasteiger partial charge on any atom is -0.494 e. The number of halogens is 1. The normalized spacial score (nSPS) is 20.0. The smallest absolute Gasteiger partial charge is 0.227 e. The van der Waals surface area contributed by atoms with Crippen LogP contribution in [-0.2, 0) is 4.79 Å². The van der Waals surface area contributed by atoms with Crippen LogP contribution in [0.5, 0.6) is 17.2 Å². The van der Waals surface area contributed by atoms with E-state index in [2.05, 4.69) is 5.32 Å². The minimum atomic E-state index is -0.0437. The summed E-state index contributed by atoms with van der Waals surface area (Å²) in [6, 6.07) is 3.51. The number of anilines is 1. The monoisotopic (exact) mass is 330 g/mol. The lowest BCUT2D eigenvalue weighted by atomic mass is 10.1. The van der Waals surface area contributed by atoms with E-state index in [0.29, 0.717) is 22.9 Å². The lowest BCUT2D eigenvalue weighted by Crippen LogP contribution is -2.23. The molecule has 2 atom stereocenters. The summed E-state index contributed by atoms with van der Waals surface area (Å²) in [7, 11) is 4.64. The molecule has 3 N–H and O–H groups in total. The Kier molecular flexibility index (Phi) is 6.77. The summed E-state index contributed by atoms with van der Waals surface area (Å²) in [5.41, 5.74) is 6.42. The molecule has 0 bridgehead atoms. The number of amides is 1. The average molecular weight is 331 g/mol. The molecule has 1 fully saturated rings. The van der Waals surface area contributed by atoms with Crippen LogP contribution in [0.2, 0.25) is 0 Å². The van der Waals surface area contributed by atoms with Crippen molar-refractivity contribution in [2.24, 2.45) is 11.7 Å². The average Bonchev–Trinajstić information content (AvgIpc) is 2.93. The summed E-state index contributed by atoms with van der Waals surface area (Å²) in [6.45, 7) is 0. The Hall–Kier alpha value is -1.66. The van der Waals surface area contributed by atoms with Crippen LogP contribution < -0.4 is 25.3 Å². The number of nitrogens with one attached hydrogen (secondary N) is 1. The van der Waals surface area contributed by atoms with Gasteiger partial charge in [0.15, 0.2) is 11.5 Å². The molecule has 1 saturated carbocycles. The maximum atomic E-state index is 12.3. The SMILES string of the molecule is COc1cc(OC)c(OC)cc1NC(=O)C1CCC(N)C1.Cl. The van der Waals surface area contributed by atoms with Gasteiger partial charge in [0.1, 0.15) is 5.75 Å². The summed E-state index contributed by atoms with van der Waals surface area (Å²) in [6.07, 6.45) is 2.44. The van der Waals surface area contributed by atoms with E-state index >= 15 is 0 Å². The molecule has 6 nitrogen and oxygen atoms in total. The summed E-state index contributed by atoms with van der Waals surface area (Å²) in [5, 5.41) is 2.89. The number of benzene rings is 1. The van der Waals surface area contributed by atoms with Gasteiger partial charge in [-0.2, -0.15) is 0 Å². The number of hydrogen-bond acceptors (Lipinski definition) is 5. The number of nitrogens with two attached hydrogens (primary N) is 1. The van der Waals surface area contributed by atoms with Crippen LogP contribution in [0.4, 0.5) is 5.69 Å². The third-order valence-corrected chi connectivity index (χ3v) is 3.81. The van der Waals surface area contributed by atoms with Gasteiger partial charge in [-0.1, -0.05) is 0 Å². The Labute approximate surface area is 136 Å². The molecule has 0 radical (unpaired) electrons. The van der Waals surface area contributed by atoms with E-state index < -0.39 is 0 Å². The van der Waals surface area contributed by atoms with Gasteiger partial charge >= 0.3 is 0 Å². The van der Waals surface area contributed by atoms with Gasteiger partial charge in [0.25, 0.3) is 0 Å². The first-order chi connectivity index (χ1) is 10.1. The quantitative estimate of drug-likeness (QED) is 0.864. The minimum absolute atomic E-state index is 0. The molecule has 2 unspecified atom stereocenters. The highest BCUT2D eigenvalue weighted by Crippen LogP contribution is 2.38. The standard InChI is InChI=1S/C15H22N2O4.ClH/c1-19-12-8-14(21-3)13(20-2)7-11(12)17-15(18)9-4-5-10(16)6-9;/h7-10H,4-6,16H2,1-3H3,(H,17,18);1H. The topological polar surface area (TPSA) is 82.8 Å². The number of carbonyl (C=O) groups excluding carboxylic acids is 1. The zero-order valence-electron chi connectivity index (χ0n) is 13.0. The number of carbonyl (C=O) groups is 1. The van der Waals surface area contributed by atoms with Gasteiger partial charge < -0.3 is 25.3 Å². The number of methoxy groups -OCH3 is 3. The van der Waals surface area contributed by atoms with Crippen molar-refractivity contribution in [2.45, 2.75) is 25.3 Å². The molecule has 0 aromatic heterocycles. The molecular weight excluding hydrogens is 308 g/mol. The Morgan fingerprint density at radius 3 is 2.18 bits per heavy atom. The van der Waals surface area contributed by atoms with Gasteiger partial charge in [-0.25, -0.2) is 0 Å². The molecule has 124 valence electrons. The predicted octanol–water partition coefficient (Wildman–Crippen LogP) is 2.20. The number of hydrogen-bond donors (Lipinski definition) is 2. The molecule has 1 aliphatic rings. The zero-order chi connectivity index (χ0) is 15.4. The third-order valence-electron chi connectivity index (χ3n) is 3.81. The Bertz CT molecular complexity index is 525. The van der Waals surface area contributed by atoms with Crippen molar-refractivity contribution in [1.82, 2.24) is 0 Å². The first kappa shape index (κ1) is 18.4. The molecule has 1 aliphatic carbocycles. The summed E-state index contributed by atoms with van der Waals surface area (Å²) < 4.78 is 15.8. The zero-order valence-corrected chi connectivity index (χ0v) is 13.9. The number of rotatable bonds is 5. The molecule has 0 heterocycles. The molecule has 2 rings (SSSR count). The molecule has 0 spiro atoms. The van der Waals surface area contributed by atoms with Gasteiger partial charge in [0.05, 0.1) is 27.0 Å². The van der Waals surface area contributed by atoms with Crippen LogP contribution in [0, 0.1) is 5.92 Å².